The van der Waals surface area contributed by atoms with Gasteiger partial charge in [-0.05, 0) is 6.72 Å². The summed E-state index contributed by atoms with van der Waals surface area (Å²) in [4.78, 5) is 21.7. The fourth-order valence-electron chi connectivity index (χ4n) is 0.0527. The molecule has 3 nitrogen and oxygen atoms in total. The minimum Gasteiger partial charge on any atom is -0.303 e. The summed E-state index contributed by atoms with van der Waals surface area (Å²) in [6, 6.07) is 0. The molecule has 0 aromatic heterocycles. The lowest BCUT2D eigenvalue weighted by Crippen LogP contribution is -1.73. The summed E-state index contributed by atoms with van der Waals surface area (Å²) in [5, 5.41) is 0. The van der Waals surface area contributed by atoms with E-state index >= 15 is 0 Å². The van der Waals surface area contributed by atoms with Gasteiger partial charge in [-0.15, -0.1) is 0 Å². The second-order valence-corrected chi connectivity index (χ2v) is 1.15. The number of aliphatic imine (C=N–C) groups is 1. The van der Waals surface area contributed by atoms with Crippen molar-refractivity contribution in [2.24, 2.45) is 4.99 Å². The lowest BCUT2D eigenvalue weighted by molar-refractivity contribution is -0.108. The molecule has 3 heteroatoms. The van der Waals surface area contributed by atoms with E-state index in [1.54, 1.807) is 0 Å². The summed E-state index contributed by atoms with van der Waals surface area (Å²) < 4.78 is 0. The molecule has 0 aliphatic rings. The van der Waals surface area contributed by atoms with Gasteiger partial charge in [0.05, 0.1) is 6.54 Å². The zero-order chi connectivity index (χ0) is 7.54. The molecular weight excluding hydrogens is 118 g/mol. The molecule has 52 valence electrons. The molecule has 0 fully saturated rings. The molecule has 0 unspecified atom stereocenters. The summed E-state index contributed by atoms with van der Waals surface area (Å²) in [5.41, 5.74) is 0. The predicted molar refractivity (Wildman–Crippen MR) is 36.8 cm³/mol. The number of carbonyl (C=O) groups is 2. The van der Waals surface area contributed by atoms with Crippen LogP contribution in [-0.2, 0) is 9.59 Å². The van der Waals surface area contributed by atoms with E-state index in [1.165, 1.54) is 0 Å². The fourth-order valence-corrected chi connectivity index (χ4v) is 0.0527. The smallest absolute Gasteiger partial charge is 0.141 e. The van der Waals surface area contributed by atoms with E-state index in [-0.39, 0.29) is 6.54 Å². The second-order valence-electron chi connectivity index (χ2n) is 1.15. The van der Waals surface area contributed by atoms with Crippen LogP contribution in [0.2, 0.25) is 0 Å². The van der Waals surface area contributed by atoms with Gasteiger partial charge in [-0.2, -0.15) is 0 Å². The molecule has 0 aromatic rings. The van der Waals surface area contributed by atoms with Crippen molar-refractivity contribution in [1.29, 1.82) is 0 Å². The molecule has 0 amide bonds. The maximum Gasteiger partial charge on any atom is 0.141 e. The monoisotopic (exact) mass is 129 g/mol. The molecule has 0 aliphatic carbocycles. The lowest BCUT2D eigenvalue weighted by Gasteiger charge is -1.62. The SMILES string of the molecule is C=NCC=O.CCC=O. The molecule has 0 spiro atoms. The van der Waals surface area contributed by atoms with Crippen LogP contribution in [0, 0.1) is 0 Å². The summed E-state index contributed by atoms with van der Waals surface area (Å²) in [7, 11) is 0. The Morgan fingerprint density at radius 2 is 1.89 bits per heavy atom. The molecule has 0 saturated heterocycles. The Morgan fingerprint density at radius 3 is 1.89 bits per heavy atom. The van der Waals surface area contributed by atoms with Crippen LogP contribution in [0.3, 0.4) is 0 Å². The average molecular weight is 129 g/mol. The van der Waals surface area contributed by atoms with Crippen LogP contribution in [0.5, 0.6) is 0 Å². The first kappa shape index (κ1) is 10.9. The Hall–Kier alpha value is -0.990. The van der Waals surface area contributed by atoms with Crippen LogP contribution >= 0.6 is 0 Å². The van der Waals surface area contributed by atoms with Gasteiger partial charge in [-0.3, -0.25) is 4.99 Å². The normalized spacial score (nSPS) is 6.33. The molecule has 9 heavy (non-hydrogen) atoms. The predicted octanol–water partition coefficient (Wildman–Crippen LogP) is 0.481. The van der Waals surface area contributed by atoms with E-state index in [9.17, 15) is 9.59 Å². The van der Waals surface area contributed by atoms with E-state index in [1.807, 2.05) is 6.92 Å². The summed E-state index contributed by atoms with van der Waals surface area (Å²) in [6.07, 6.45) is 2.22. The minimum atomic E-state index is 0.222. The van der Waals surface area contributed by atoms with Gasteiger partial charge in [-0.25, -0.2) is 0 Å². The van der Waals surface area contributed by atoms with Crippen LogP contribution < -0.4 is 0 Å². The van der Waals surface area contributed by atoms with Crippen molar-refractivity contribution in [3.8, 4) is 0 Å². The van der Waals surface area contributed by atoms with E-state index in [0.29, 0.717) is 12.7 Å². The Bertz CT molecular complexity index is 75.1. The molecule has 0 N–H and O–H groups in total. The zero-order valence-corrected chi connectivity index (χ0v) is 5.54. The summed E-state index contributed by atoms with van der Waals surface area (Å²) >= 11 is 0. The van der Waals surface area contributed by atoms with Crippen molar-refractivity contribution >= 4 is 19.3 Å². The number of aldehydes is 2. The number of nitrogens with zero attached hydrogens (tertiary/aromatic N) is 1. The summed E-state index contributed by atoms with van der Waals surface area (Å²) in [6.45, 7) is 5.10. The number of carbonyl (C=O) groups excluding carboxylic acids is 2. The zero-order valence-electron chi connectivity index (χ0n) is 5.54. The van der Waals surface area contributed by atoms with Crippen molar-refractivity contribution in [2.45, 2.75) is 13.3 Å². The van der Waals surface area contributed by atoms with Gasteiger partial charge in [0.25, 0.3) is 0 Å². The second kappa shape index (κ2) is 15.7. The van der Waals surface area contributed by atoms with Crippen LogP contribution in [0.15, 0.2) is 4.99 Å². The van der Waals surface area contributed by atoms with Crippen LogP contribution in [0.1, 0.15) is 13.3 Å². The largest absolute Gasteiger partial charge is 0.303 e. The van der Waals surface area contributed by atoms with Crippen LogP contribution in [0.4, 0.5) is 0 Å². The molecule has 0 heterocycles. The first-order chi connectivity index (χ1) is 4.33. The first-order valence-corrected chi connectivity index (χ1v) is 2.63. The van der Waals surface area contributed by atoms with Gasteiger partial charge in [0.2, 0.25) is 0 Å². The van der Waals surface area contributed by atoms with Gasteiger partial charge in [0.1, 0.15) is 12.6 Å². The minimum absolute atomic E-state index is 0.222. The van der Waals surface area contributed by atoms with Crippen molar-refractivity contribution in [3.63, 3.8) is 0 Å². The molecular formula is C6H11NO2. The van der Waals surface area contributed by atoms with Gasteiger partial charge < -0.3 is 9.59 Å². The lowest BCUT2D eigenvalue weighted by atomic mass is 10.6. The highest BCUT2D eigenvalue weighted by atomic mass is 16.1. The van der Waals surface area contributed by atoms with E-state index in [0.717, 1.165) is 6.29 Å². The molecule has 0 radical (unpaired) electrons. The van der Waals surface area contributed by atoms with Gasteiger partial charge >= 0.3 is 0 Å². The highest BCUT2D eigenvalue weighted by Gasteiger charge is 1.58. The van der Waals surface area contributed by atoms with Crippen molar-refractivity contribution < 1.29 is 9.59 Å². The topological polar surface area (TPSA) is 46.5 Å². The van der Waals surface area contributed by atoms with Gasteiger partial charge in [0, 0.05) is 6.42 Å². The average Bonchev–Trinajstić information content (AvgIpc) is 1.91. The van der Waals surface area contributed by atoms with Gasteiger partial charge in [-0.1, -0.05) is 6.92 Å². The van der Waals surface area contributed by atoms with Gasteiger partial charge in [0.15, 0.2) is 0 Å². The first-order valence-electron chi connectivity index (χ1n) is 2.63. The highest BCUT2D eigenvalue weighted by molar-refractivity contribution is 5.53. The molecule has 0 aliphatic heterocycles. The molecule has 0 aromatic carbocycles. The van der Waals surface area contributed by atoms with E-state index < -0.39 is 0 Å². The number of hydrogen-bond acceptors (Lipinski definition) is 3. The Morgan fingerprint density at radius 1 is 1.44 bits per heavy atom. The number of rotatable bonds is 3. The molecule has 0 bridgehead atoms. The Balaban J connectivity index is 0. The van der Waals surface area contributed by atoms with Crippen molar-refractivity contribution in [2.75, 3.05) is 6.54 Å². The van der Waals surface area contributed by atoms with Crippen molar-refractivity contribution in [1.82, 2.24) is 0 Å². The van der Waals surface area contributed by atoms with Crippen LogP contribution in [0.25, 0.3) is 0 Å². The third kappa shape index (κ3) is 43.6. The molecule has 0 rings (SSSR count). The highest BCUT2D eigenvalue weighted by Crippen LogP contribution is 1.53. The fraction of sp³-hybridized carbons (Fsp3) is 0.500. The van der Waals surface area contributed by atoms with E-state index in [2.05, 4.69) is 11.7 Å². The maximum absolute atomic E-state index is 9.27. The third-order valence-corrected chi connectivity index (χ3v) is 0.370. The maximum atomic E-state index is 9.27. The Kier molecular flexibility index (Phi) is 19.1. The third-order valence-electron chi connectivity index (χ3n) is 0.370. The van der Waals surface area contributed by atoms with E-state index in [4.69, 9.17) is 0 Å². The van der Waals surface area contributed by atoms with Crippen molar-refractivity contribution in [3.05, 3.63) is 0 Å². The quantitative estimate of drug-likeness (QED) is 0.411. The molecule has 0 atom stereocenters. The standard InChI is InChI=1S/C3H5NO.C3H6O/c1-4-2-3-5;1-2-3-4/h3H,1-2H2;3H,2H2,1H3. The summed E-state index contributed by atoms with van der Waals surface area (Å²) in [5.74, 6) is 0. The Labute approximate surface area is 54.8 Å². The van der Waals surface area contributed by atoms with Crippen LogP contribution in [-0.4, -0.2) is 25.8 Å². The number of hydrogen-bond donors (Lipinski definition) is 0. The molecule has 0 saturated carbocycles.